The Morgan fingerprint density at radius 1 is 1.15 bits per heavy atom. The molecule has 2 atom stereocenters. The molecule has 3 heterocycles. The summed E-state index contributed by atoms with van der Waals surface area (Å²) in [6.45, 7) is 6.21. The van der Waals surface area contributed by atoms with Gasteiger partial charge in [0.1, 0.15) is 0 Å². The van der Waals surface area contributed by atoms with E-state index in [4.69, 9.17) is 9.72 Å². The van der Waals surface area contributed by atoms with Crippen LogP contribution in [0.4, 0.5) is 0 Å². The number of allylic oxidation sites excluding steroid dienone is 1. The molecule has 0 unspecified atom stereocenters. The lowest BCUT2D eigenvalue weighted by atomic mass is 9.69. The minimum absolute atomic E-state index is 0.000649. The molecule has 0 spiro atoms. The highest BCUT2D eigenvalue weighted by Gasteiger charge is 2.36. The quantitative estimate of drug-likeness (QED) is 0.392. The number of rotatable bonds is 5. The lowest BCUT2D eigenvalue weighted by Crippen LogP contribution is -2.40. The standard InChI is InChI=1S/C30H34N2O5S2/c1-30(2,3)20-14-19(15-22-8-7-12-38-22)28-24(16-20)27(23-9-5-6-10-25(23)31-28)29(34)37-17-26(33)32(4)21-11-13-39(35,36)18-21/h5-10,12,15,20-21H,11,13-14,16-18H2,1-4H3/b19-15-/t20-,21+/m0/s1. The summed E-state index contributed by atoms with van der Waals surface area (Å²) in [7, 11) is -1.57. The van der Waals surface area contributed by atoms with Crippen molar-refractivity contribution in [2.24, 2.45) is 11.3 Å². The maximum absolute atomic E-state index is 13.7. The maximum Gasteiger partial charge on any atom is 0.339 e. The fraction of sp³-hybridized carbons (Fsp3) is 0.433. The number of esters is 1. The summed E-state index contributed by atoms with van der Waals surface area (Å²) in [6, 6.07) is 11.2. The average molecular weight is 567 g/mol. The molecule has 2 aliphatic rings. The van der Waals surface area contributed by atoms with Crippen LogP contribution in [-0.4, -0.2) is 61.4 Å². The predicted octanol–water partition coefficient (Wildman–Crippen LogP) is 5.25. The van der Waals surface area contributed by atoms with Crippen LogP contribution in [0.2, 0.25) is 0 Å². The lowest BCUT2D eigenvalue weighted by molar-refractivity contribution is -0.134. The summed E-state index contributed by atoms with van der Waals surface area (Å²) in [6.07, 6.45) is 4.10. The van der Waals surface area contributed by atoms with Gasteiger partial charge >= 0.3 is 5.97 Å². The van der Waals surface area contributed by atoms with Gasteiger partial charge in [-0.15, -0.1) is 11.3 Å². The lowest BCUT2D eigenvalue weighted by Gasteiger charge is -2.36. The molecule has 1 aliphatic carbocycles. The highest BCUT2D eigenvalue weighted by molar-refractivity contribution is 7.91. The van der Waals surface area contributed by atoms with Crippen molar-refractivity contribution >= 4 is 55.6 Å². The maximum atomic E-state index is 13.7. The van der Waals surface area contributed by atoms with Crippen molar-refractivity contribution in [3.05, 3.63) is 63.5 Å². The summed E-state index contributed by atoms with van der Waals surface area (Å²) in [5.41, 5.74) is 3.93. The molecular weight excluding hydrogens is 532 g/mol. The van der Waals surface area contributed by atoms with Gasteiger partial charge in [0.05, 0.1) is 28.3 Å². The molecule has 7 nitrogen and oxygen atoms in total. The molecule has 1 aromatic carbocycles. The van der Waals surface area contributed by atoms with Crippen molar-refractivity contribution < 1.29 is 22.7 Å². The number of ether oxygens (including phenoxy) is 1. The topological polar surface area (TPSA) is 93.6 Å². The fourth-order valence-electron chi connectivity index (χ4n) is 5.50. The average Bonchev–Trinajstić information content (AvgIpc) is 3.53. The number of hydrogen-bond donors (Lipinski definition) is 0. The van der Waals surface area contributed by atoms with Crippen LogP contribution in [-0.2, 0) is 25.8 Å². The van der Waals surface area contributed by atoms with Gasteiger partial charge in [-0.25, -0.2) is 18.2 Å². The Bertz CT molecular complexity index is 1550. The van der Waals surface area contributed by atoms with Crippen molar-refractivity contribution in [1.29, 1.82) is 0 Å². The highest BCUT2D eigenvalue weighted by Crippen LogP contribution is 2.45. The van der Waals surface area contributed by atoms with Crippen LogP contribution in [0.25, 0.3) is 22.6 Å². The Labute approximate surface area is 233 Å². The number of thiophene rings is 1. The van der Waals surface area contributed by atoms with E-state index in [1.807, 2.05) is 35.7 Å². The zero-order valence-electron chi connectivity index (χ0n) is 22.8. The molecule has 39 heavy (non-hydrogen) atoms. The number of hydrogen-bond acceptors (Lipinski definition) is 7. The van der Waals surface area contributed by atoms with Gasteiger partial charge in [-0.2, -0.15) is 0 Å². The second-order valence-corrected chi connectivity index (χ2v) is 14.8. The molecule has 1 aliphatic heterocycles. The van der Waals surface area contributed by atoms with Crippen molar-refractivity contribution in [1.82, 2.24) is 9.88 Å². The minimum atomic E-state index is -3.14. The molecule has 0 bridgehead atoms. The first-order valence-electron chi connectivity index (χ1n) is 13.2. The minimum Gasteiger partial charge on any atom is -0.452 e. The first-order valence-corrected chi connectivity index (χ1v) is 15.9. The number of likely N-dealkylation sites (N-methyl/N-ethyl adjacent to an activating group) is 1. The number of para-hydroxylation sites is 1. The van der Waals surface area contributed by atoms with Crippen LogP contribution in [0.3, 0.4) is 0 Å². The van der Waals surface area contributed by atoms with Crippen LogP contribution in [0, 0.1) is 11.3 Å². The molecule has 5 rings (SSSR count). The number of amides is 1. The number of carbonyl (C=O) groups is 2. The number of sulfone groups is 1. The second-order valence-electron chi connectivity index (χ2n) is 11.6. The van der Waals surface area contributed by atoms with E-state index in [0.29, 0.717) is 29.3 Å². The van der Waals surface area contributed by atoms with Gasteiger partial charge in [-0.05, 0) is 65.3 Å². The molecule has 9 heteroatoms. The smallest absolute Gasteiger partial charge is 0.339 e. The summed E-state index contributed by atoms with van der Waals surface area (Å²) < 4.78 is 29.4. The Hall–Kier alpha value is -3.04. The number of nitrogens with zero attached hydrogens (tertiary/aromatic N) is 2. The number of fused-ring (bicyclic) bond motifs is 2. The zero-order chi connectivity index (χ0) is 27.9. The van der Waals surface area contributed by atoms with Crippen LogP contribution < -0.4 is 0 Å². The summed E-state index contributed by atoms with van der Waals surface area (Å²) in [5, 5.41) is 2.75. The van der Waals surface area contributed by atoms with Gasteiger partial charge in [0.15, 0.2) is 16.4 Å². The van der Waals surface area contributed by atoms with E-state index in [2.05, 4.69) is 32.9 Å². The van der Waals surface area contributed by atoms with Crippen LogP contribution in [0.5, 0.6) is 0 Å². The van der Waals surface area contributed by atoms with Crippen LogP contribution in [0.1, 0.15) is 60.1 Å². The van der Waals surface area contributed by atoms with Gasteiger partial charge < -0.3 is 9.64 Å². The number of benzene rings is 1. The Balaban J connectivity index is 1.51. The molecule has 2 aromatic heterocycles. The highest BCUT2D eigenvalue weighted by atomic mass is 32.2. The van der Waals surface area contributed by atoms with Gasteiger partial charge in [0.25, 0.3) is 5.91 Å². The van der Waals surface area contributed by atoms with Gasteiger partial charge in [-0.1, -0.05) is 45.0 Å². The molecule has 0 saturated carbocycles. The number of aromatic nitrogens is 1. The molecule has 0 radical (unpaired) electrons. The van der Waals surface area contributed by atoms with E-state index in [9.17, 15) is 18.0 Å². The Kier molecular flexibility index (Phi) is 7.41. The SMILES string of the molecule is CN(C(=O)COC(=O)c1c2c(nc3ccccc13)/C(=C\c1cccs1)C[C@H](C(C)(C)C)C2)[C@@H]1CCS(=O)(=O)C1. The Morgan fingerprint density at radius 3 is 2.59 bits per heavy atom. The third-order valence-electron chi connectivity index (χ3n) is 7.98. The summed E-state index contributed by atoms with van der Waals surface area (Å²) >= 11 is 1.66. The van der Waals surface area contributed by atoms with Crippen molar-refractivity contribution in [3.8, 4) is 0 Å². The first-order chi connectivity index (χ1) is 18.4. The molecule has 0 N–H and O–H groups in total. The van der Waals surface area contributed by atoms with Crippen LogP contribution >= 0.6 is 11.3 Å². The molecule has 1 amide bonds. The van der Waals surface area contributed by atoms with E-state index in [-0.39, 0.29) is 22.8 Å². The van der Waals surface area contributed by atoms with Crippen molar-refractivity contribution in [2.45, 2.75) is 46.1 Å². The Morgan fingerprint density at radius 2 is 1.92 bits per heavy atom. The normalized spacial score (nSPS) is 21.6. The van der Waals surface area contributed by atoms with Gasteiger partial charge in [-0.3, -0.25) is 4.79 Å². The summed E-state index contributed by atoms with van der Waals surface area (Å²) in [5.74, 6) is -0.679. The third kappa shape index (κ3) is 5.79. The van der Waals surface area contributed by atoms with Gasteiger partial charge in [0.2, 0.25) is 0 Å². The first kappa shape index (κ1) is 27.5. The van der Waals surface area contributed by atoms with E-state index >= 15 is 0 Å². The summed E-state index contributed by atoms with van der Waals surface area (Å²) in [4.78, 5) is 34.2. The van der Waals surface area contributed by atoms with Crippen molar-refractivity contribution in [2.75, 3.05) is 25.2 Å². The molecule has 1 saturated heterocycles. The third-order valence-corrected chi connectivity index (χ3v) is 10.5. The van der Waals surface area contributed by atoms with E-state index in [1.165, 1.54) is 4.90 Å². The largest absolute Gasteiger partial charge is 0.452 e. The molecule has 1 fully saturated rings. The predicted molar refractivity (Wildman–Crippen MR) is 155 cm³/mol. The van der Waals surface area contributed by atoms with Crippen LogP contribution in [0.15, 0.2) is 41.8 Å². The second kappa shape index (κ2) is 10.5. The fourth-order valence-corrected chi connectivity index (χ4v) is 7.96. The number of carbonyl (C=O) groups excluding carboxylic acids is 2. The molecule has 3 aromatic rings. The van der Waals surface area contributed by atoms with E-state index < -0.39 is 34.4 Å². The number of pyridine rings is 1. The van der Waals surface area contributed by atoms with E-state index in [0.717, 1.165) is 28.1 Å². The van der Waals surface area contributed by atoms with E-state index in [1.54, 1.807) is 18.4 Å². The zero-order valence-corrected chi connectivity index (χ0v) is 24.4. The monoisotopic (exact) mass is 566 g/mol. The molecule has 206 valence electrons. The van der Waals surface area contributed by atoms with Gasteiger partial charge in [0, 0.05) is 23.4 Å². The van der Waals surface area contributed by atoms with Crippen molar-refractivity contribution in [3.63, 3.8) is 0 Å². The molecular formula is C30H34N2O5S2.